The number of carbonyl (C=O) groups excluding carboxylic acids is 10. The monoisotopic (exact) mass is 1870 g/mol. The van der Waals surface area contributed by atoms with Gasteiger partial charge in [-0.3, -0.25) is 5.32 Å². The molecule has 0 amide bonds. The summed E-state index contributed by atoms with van der Waals surface area (Å²) in [4.78, 5) is 142. The number of carbonyl (C=O) groups is 10. The molecule has 11 aromatic rings. The van der Waals surface area contributed by atoms with Crippen molar-refractivity contribution in [1.82, 2.24) is 5.32 Å². The summed E-state index contributed by atoms with van der Waals surface area (Å²) in [5, 5.41) is 265. The molecule has 26 N–H and O–H groups in total. The topological polar surface area (TPSA) is 790 Å². The molecule has 0 saturated carbocycles. The van der Waals surface area contributed by atoms with Gasteiger partial charge < -0.3 is 180 Å². The number of phenolic OH excluding ortho intramolecular Hbond substituents is 25. The molecule has 6 atom stereocenters. The Hall–Kier alpha value is -19.4. The van der Waals surface area contributed by atoms with Crippen LogP contribution in [0.2, 0.25) is 0 Å². The summed E-state index contributed by atoms with van der Waals surface area (Å²) in [6.45, 7) is -1.04. The van der Waals surface area contributed by atoms with E-state index in [1.165, 1.54) is 24.0 Å². The van der Waals surface area contributed by atoms with Crippen LogP contribution >= 0.6 is 0 Å². The maximum absolute atomic E-state index is 15.3. The van der Waals surface area contributed by atoms with E-state index in [1.807, 2.05) is 0 Å². The molecular weight excluding hydrogens is 1810 g/mol. The highest BCUT2D eigenvalue weighted by Gasteiger charge is 2.55. The van der Waals surface area contributed by atoms with E-state index in [0.29, 0.717) is 134 Å². The van der Waals surface area contributed by atoms with Gasteiger partial charge in [0.2, 0.25) is 41.1 Å². The quantitative estimate of drug-likeness (QED) is 0.0104. The number of hydrogen-bond acceptors (Lipinski definition) is 47. The number of nitrogens with one attached hydrogen (secondary N) is 1. The molecule has 47 heteroatoms. The SMILES string of the molecule is C#CCN[C@@H]1CCc2ccccc21.O=C(OC[C@H]1O[C@@H](OC(=O)c2cc(O)c(O)c(OC(=O)c3cc(O)c(O)c(O)c3)c2)[C@H](OC(=O)c2cc(O)c(O)c(OC(=O)c3cc(O)c(O)c(O)c3)c2)[C@@H](OC(=O)c2cc(O)c(O)c(OC(=O)c3cc(O)c(O)c(O)c3)c2)[C@@H]1OC(=O)c1cc(O)c(O)c(OC(=O)c2cc(O)c(O)c(O)c2)c1)c1cc(O)c(O)c(OC(=O)c2cc(O)c(O)c(O)c2)c1. The van der Waals surface area contributed by atoms with Gasteiger partial charge in [0.1, 0.15) is 12.7 Å². The molecule has 1 saturated heterocycles. The third-order valence-corrected chi connectivity index (χ3v) is 19.5. The number of hydrogen-bond donors (Lipinski definition) is 26. The Morgan fingerprint density at radius 3 is 0.815 bits per heavy atom. The number of rotatable bonds is 23. The lowest BCUT2D eigenvalue weighted by Crippen LogP contribution is -2.63. The molecule has 13 rings (SSSR count). The van der Waals surface area contributed by atoms with Crippen molar-refractivity contribution in [2.45, 2.75) is 49.6 Å². The molecule has 0 radical (unpaired) electrons. The second-order valence-electron chi connectivity index (χ2n) is 28.5. The van der Waals surface area contributed by atoms with Crippen LogP contribution in [0.5, 0.6) is 172 Å². The minimum Gasteiger partial charge on any atom is -0.504 e. The van der Waals surface area contributed by atoms with E-state index < -0.39 is 325 Å². The molecular formula is C88H65NO46. The van der Waals surface area contributed by atoms with E-state index in [0.717, 1.165) is 0 Å². The van der Waals surface area contributed by atoms with Crippen LogP contribution in [0.15, 0.2) is 146 Å². The largest absolute Gasteiger partial charge is 0.504 e. The first-order chi connectivity index (χ1) is 63.8. The number of benzene rings is 11. The van der Waals surface area contributed by atoms with Crippen LogP contribution in [-0.2, 0) is 34.8 Å². The van der Waals surface area contributed by atoms with Gasteiger partial charge in [-0.25, -0.2) is 47.9 Å². The van der Waals surface area contributed by atoms with Gasteiger partial charge in [0.15, 0.2) is 156 Å². The molecule has 0 aromatic heterocycles. The van der Waals surface area contributed by atoms with E-state index in [2.05, 4.69) is 35.5 Å². The van der Waals surface area contributed by atoms with Gasteiger partial charge in [0.05, 0.1) is 62.2 Å². The van der Waals surface area contributed by atoms with Crippen LogP contribution in [-0.4, -0.2) is 231 Å². The zero-order chi connectivity index (χ0) is 98.5. The second-order valence-corrected chi connectivity index (χ2v) is 28.5. The average Bonchev–Trinajstić information content (AvgIpc) is 1.03. The highest BCUT2D eigenvalue weighted by Crippen LogP contribution is 2.48. The molecule has 698 valence electrons. The van der Waals surface area contributed by atoms with Crippen molar-refractivity contribution in [3.8, 4) is 185 Å². The Balaban J connectivity index is 0.00000115. The van der Waals surface area contributed by atoms with E-state index in [-0.39, 0.29) is 0 Å². The molecule has 0 unspecified atom stereocenters. The molecule has 1 aliphatic carbocycles. The van der Waals surface area contributed by atoms with E-state index in [9.17, 15) is 161 Å². The molecule has 1 heterocycles. The number of phenols is 25. The number of fused-ring (bicyclic) bond motifs is 1. The fourth-order valence-electron chi connectivity index (χ4n) is 12.8. The number of aryl methyl sites for hydroxylation is 1. The van der Waals surface area contributed by atoms with Crippen LogP contribution in [0.4, 0.5) is 0 Å². The van der Waals surface area contributed by atoms with Crippen LogP contribution in [0.3, 0.4) is 0 Å². The normalized spacial score (nSPS) is 15.1. The van der Waals surface area contributed by atoms with Gasteiger partial charge in [-0.1, -0.05) is 30.2 Å². The Labute approximate surface area is 749 Å². The van der Waals surface area contributed by atoms with Crippen molar-refractivity contribution < 1.29 is 228 Å². The van der Waals surface area contributed by atoms with E-state index >= 15 is 14.4 Å². The van der Waals surface area contributed by atoms with E-state index in [1.54, 1.807) is 0 Å². The van der Waals surface area contributed by atoms with Gasteiger partial charge >= 0.3 is 59.7 Å². The van der Waals surface area contributed by atoms with Gasteiger partial charge in [-0.15, -0.1) is 6.42 Å². The summed E-state index contributed by atoms with van der Waals surface area (Å²) >= 11 is 0. The van der Waals surface area contributed by atoms with Crippen LogP contribution in [0.1, 0.15) is 127 Å². The highest BCUT2D eigenvalue weighted by molar-refractivity contribution is 6.00. The first-order valence-corrected chi connectivity index (χ1v) is 37.8. The lowest BCUT2D eigenvalue weighted by atomic mass is 9.97. The Kier molecular flexibility index (Phi) is 27.1. The van der Waals surface area contributed by atoms with Crippen molar-refractivity contribution in [2.75, 3.05) is 13.2 Å². The number of ether oxygens (including phenoxy) is 11. The minimum absolute atomic E-state index is 0.295. The first-order valence-electron chi connectivity index (χ1n) is 37.8. The van der Waals surface area contributed by atoms with Gasteiger partial charge in [0.25, 0.3) is 0 Å². The summed E-state index contributed by atoms with van der Waals surface area (Å²) in [5.41, 5.74) is -6.99. The third kappa shape index (κ3) is 20.6. The van der Waals surface area contributed by atoms with Crippen molar-refractivity contribution in [3.05, 3.63) is 212 Å². The molecule has 1 fully saturated rings. The van der Waals surface area contributed by atoms with Crippen molar-refractivity contribution >= 4 is 59.7 Å². The predicted octanol–water partition coefficient (Wildman–Crippen LogP) is 6.73. The van der Waals surface area contributed by atoms with Crippen molar-refractivity contribution in [1.29, 1.82) is 0 Å². The molecule has 11 aromatic carbocycles. The second kappa shape index (κ2) is 38.7. The lowest BCUT2D eigenvalue weighted by molar-refractivity contribution is -0.282. The summed E-state index contributed by atoms with van der Waals surface area (Å²) in [6, 6.07) is 17.6. The fourth-order valence-corrected chi connectivity index (χ4v) is 12.8. The van der Waals surface area contributed by atoms with Crippen LogP contribution < -0.4 is 29.0 Å². The Morgan fingerprint density at radius 2 is 0.533 bits per heavy atom. The summed E-state index contributed by atoms with van der Waals surface area (Å²) in [5.74, 6) is -53.4. The van der Waals surface area contributed by atoms with Gasteiger partial charge in [-0.05, 0) is 145 Å². The minimum atomic E-state index is -3.12. The van der Waals surface area contributed by atoms with Gasteiger partial charge in [-0.2, -0.15) is 0 Å². The first kappa shape index (κ1) is 94.7. The molecule has 47 nitrogen and oxygen atoms in total. The third-order valence-electron chi connectivity index (χ3n) is 19.5. The van der Waals surface area contributed by atoms with Crippen LogP contribution in [0, 0.1) is 12.3 Å². The maximum Gasteiger partial charge on any atom is 0.343 e. The van der Waals surface area contributed by atoms with Crippen molar-refractivity contribution in [2.24, 2.45) is 0 Å². The van der Waals surface area contributed by atoms with Gasteiger partial charge in [0, 0.05) is 6.04 Å². The lowest BCUT2D eigenvalue weighted by Gasteiger charge is -2.43. The number of aromatic hydroxyl groups is 25. The smallest absolute Gasteiger partial charge is 0.343 e. The molecule has 0 bridgehead atoms. The molecule has 135 heavy (non-hydrogen) atoms. The Morgan fingerprint density at radius 1 is 0.296 bits per heavy atom. The van der Waals surface area contributed by atoms with E-state index in [4.69, 9.17) is 58.5 Å². The summed E-state index contributed by atoms with van der Waals surface area (Å²) in [6.07, 6.45) is -7.48. The van der Waals surface area contributed by atoms with Crippen LogP contribution in [0.25, 0.3) is 0 Å². The highest BCUT2D eigenvalue weighted by atomic mass is 16.8. The zero-order valence-corrected chi connectivity index (χ0v) is 67.5. The fraction of sp³-hybridized carbons (Fsp3) is 0.114. The molecule has 0 spiro atoms. The summed E-state index contributed by atoms with van der Waals surface area (Å²) < 4.78 is 60.4. The average molecular weight is 1870 g/mol. The zero-order valence-electron chi connectivity index (χ0n) is 67.5. The predicted molar refractivity (Wildman–Crippen MR) is 437 cm³/mol. The number of esters is 10. The number of terminal acetylenes is 1. The van der Waals surface area contributed by atoms with Crippen molar-refractivity contribution in [3.63, 3.8) is 0 Å². The summed E-state index contributed by atoms with van der Waals surface area (Å²) in [7, 11) is 0. The molecule has 1 aliphatic heterocycles. The maximum atomic E-state index is 15.3. The Bertz CT molecular complexity index is 6650. The standard InChI is InChI=1S/C76H52O46.C12H13N/c77-32-1-22(2-33(78)53(32)92)67(103)113-47-16-27(11-42(87)58(47)97)66(102)112-21-52-63(119-72(108)28-12-43(88)59(98)48(17-28)114-68(104)23-3-34(79)54(93)35(80)4-23)64(120-73(109)29-13-44(89)60(99)49(18-29)115-69(105)24-5-36(81)55(94)37(82)6-24)65(121-74(110)30-14-45(90)61(100)50(19-30)116-70(106)25-7-38(83)56(95)39(84)8-25)76(118-52)122-75(111)31-15-46(91)62(101)51(20-31)117-71(107)26-9-40(85)57(96)41(86)10-26;1-2-9-13-12-8-7-10-5-3-4-6-11(10)12/h1-20,52,63-65,76-101H,21H2;1,3-6,12-13H,7-9H2/t52-,63-,64+,65-,76+;12-/m11/s1. The molecule has 2 aliphatic rings.